The van der Waals surface area contributed by atoms with Crippen LogP contribution in [-0.2, 0) is 14.4 Å². The Labute approximate surface area is 156 Å². The lowest BCUT2D eigenvalue weighted by Crippen LogP contribution is -2.08. The fraction of sp³-hybridized carbons (Fsp3) is 1.00. The molecule has 0 aromatic heterocycles. The van der Waals surface area contributed by atoms with Gasteiger partial charge in [-0.25, -0.2) is 4.89 Å². The van der Waals surface area contributed by atoms with Gasteiger partial charge in [0.2, 0.25) is 0 Å². The van der Waals surface area contributed by atoms with E-state index in [1.165, 1.54) is 89.9 Å². The van der Waals surface area contributed by atoms with Crippen LogP contribution in [0, 0.1) is 0 Å². The van der Waals surface area contributed by atoms with E-state index in [9.17, 15) is 0 Å². The molecular weight excluding hydrogens is 316 g/mol. The maximum Gasteiger partial charge on any atom is 0.105 e. The summed E-state index contributed by atoms with van der Waals surface area (Å²) in [5.41, 5.74) is 0. The molecule has 0 fully saturated rings. The Morgan fingerprint density at radius 2 is 0.800 bits per heavy atom. The maximum atomic E-state index is 8.11. The van der Waals surface area contributed by atoms with Crippen LogP contribution in [-0.4, -0.2) is 38.3 Å². The summed E-state index contributed by atoms with van der Waals surface area (Å²) in [5, 5.41) is 8.11. The molecule has 4 nitrogen and oxygen atoms in total. The summed E-state index contributed by atoms with van der Waals surface area (Å²) in [6.45, 7) is 4.95. The number of ether oxygens (including phenoxy) is 2. The zero-order valence-electron chi connectivity index (χ0n) is 16.8. The molecule has 0 rings (SSSR count). The van der Waals surface area contributed by atoms with E-state index in [0.717, 1.165) is 13.0 Å². The molecule has 0 aromatic rings. The zero-order chi connectivity index (χ0) is 18.3. The highest BCUT2D eigenvalue weighted by Crippen LogP contribution is 2.13. The quantitative estimate of drug-likeness (QED) is 0.138. The third-order valence-electron chi connectivity index (χ3n) is 4.58. The van der Waals surface area contributed by atoms with Crippen molar-refractivity contribution in [3.63, 3.8) is 0 Å². The number of hydrogen-bond donors (Lipinski definition) is 1. The zero-order valence-corrected chi connectivity index (χ0v) is 16.8. The smallest absolute Gasteiger partial charge is 0.105 e. The van der Waals surface area contributed by atoms with Crippen molar-refractivity contribution >= 4 is 0 Å². The average Bonchev–Trinajstić information content (AvgIpc) is 2.63. The van der Waals surface area contributed by atoms with E-state index >= 15 is 0 Å². The van der Waals surface area contributed by atoms with Crippen LogP contribution in [0.25, 0.3) is 0 Å². The number of hydrogen-bond acceptors (Lipinski definition) is 4. The molecule has 0 saturated carbocycles. The van der Waals surface area contributed by atoms with Gasteiger partial charge < -0.3 is 9.47 Å². The first-order chi connectivity index (χ1) is 12.4. The fourth-order valence-corrected chi connectivity index (χ4v) is 2.99. The Kier molecular flexibility index (Phi) is 23.7. The van der Waals surface area contributed by atoms with E-state index in [1.807, 2.05) is 0 Å². The van der Waals surface area contributed by atoms with Gasteiger partial charge in [-0.3, -0.25) is 5.26 Å². The van der Waals surface area contributed by atoms with E-state index in [-0.39, 0.29) is 6.61 Å². The van der Waals surface area contributed by atoms with Crippen molar-refractivity contribution in [2.45, 2.75) is 103 Å². The highest BCUT2D eigenvalue weighted by molar-refractivity contribution is 4.49. The summed E-state index contributed by atoms with van der Waals surface area (Å²) in [5.74, 6) is 0. The number of rotatable bonds is 22. The maximum absolute atomic E-state index is 8.11. The van der Waals surface area contributed by atoms with Crippen molar-refractivity contribution in [2.75, 3.05) is 33.0 Å². The molecule has 0 radical (unpaired) electrons. The molecule has 1 N–H and O–H groups in total. The first kappa shape index (κ1) is 24.8. The Morgan fingerprint density at radius 3 is 1.24 bits per heavy atom. The number of unbranched alkanes of at least 4 members (excludes halogenated alkanes) is 14. The Balaban J connectivity index is 2.94. The minimum atomic E-state index is 0.221. The molecule has 0 bridgehead atoms. The van der Waals surface area contributed by atoms with Gasteiger partial charge in [-0.15, -0.1) is 0 Å². The van der Waals surface area contributed by atoms with E-state index < -0.39 is 0 Å². The highest BCUT2D eigenvalue weighted by atomic mass is 17.1. The Bertz CT molecular complexity index is 202. The first-order valence-electron chi connectivity index (χ1n) is 10.8. The molecule has 0 saturated heterocycles. The van der Waals surface area contributed by atoms with Gasteiger partial charge in [-0.1, -0.05) is 96.8 Å². The second kappa shape index (κ2) is 23.8. The van der Waals surface area contributed by atoms with Crippen molar-refractivity contribution in [2.24, 2.45) is 0 Å². The molecule has 0 heterocycles. The second-order valence-corrected chi connectivity index (χ2v) is 7.01. The van der Waals surface area contributed by atoms with Gasteiger partial charge in [-0.05, 0) is 6.42 Å². The lowest BCUT2D eigenvalue weighted by atomic mass is 10.0. The molecule has 0 amide bonds. The standard InChI is InChI=1S/C21H44O4/c1-2-3-4-5-6-7-8-9-10-11-12-13-14-15-16-17-23-18-19-24-20-21-25-22/h22H,2-21H2,1H3. The molecule has 0 atom stereocenters. The third-order valence-corrected chi connectivity index (χ3v) is 4.58. The Hall–Kier alpha value is -0.160. The lowest BCUT2D eigenvalue weighted by Gasteiger charge is -2.05. The van der Waals surface area contributed by atoms with E-state index in [2.05, 4.69) is 11.8 Å². The van der Waals surface area contributed by atoms with Gasteiger partial charge in [-0.2, -0.15) is 0 Å². The van der Waals surface area contributed by atoms with Crippen molar-refractivity contribution in [3.8, 4) is 0 Å². The van der Waals surface area contributed by atoms with Crippen molar-refractivity contribution < 1.29 is 19.6 Å². The molecular formula is C21H44O4. The van der Waals surface area contributed by atoms with Gasteiger partial charge in [0, 0.05) is 6.61 Å². The second-order valence-electron chi connectivity index (χ2n) is 7.01. The van der Waals surface area contributed by atoms with Crippen molar-refractivity contribution in [3.05, 3.63) is 0 Å². The molecule has 0 aliphatic rings. The molecule has 0 spiro atoms. The molecule has 4 heteroatoms. The summed E-state index contributed by atoms with van der Waals surface area (Å²) in [6, 6.07) is 0. The molecule has 0 unspecified atom stereocenters. The summed E-state index contributed by atoms with van der Waals surface area (Å²) < 4.78 is 10.7. The van der Waals surface area contributed by atoms with Crippen LogP contribution in [0.1, 0.15) is 103 Å². The van der Waals surface area contributed by atoms with Crippen molar-refractivity contribution in [1.29, 1.82) is 0 Å². The fourth-order valence-electron chi connectivity index (χ4n) is 2.99. The predicted octanol–water partition coefficient (Wildman–Crippen LogP) is 6.38. The minimum Gasteiger partial charge on any atom is -0.379 e. The normalized spacial score (nSPS) is 11.3. The largest absolute Gasteiger partial charge is 0.379 e. The van der Waals surface area contributed by atoms with Crippen LogP contribution >= 0.6 is 0 Å². The van der Waals surface area contributed by atoms with Gasteiger partial charge >= 0.3 is 0 Å². The van der Waals surface area contributed by atoms with Crippen LogP contribution in [0.5, 0.6) is 0 Å². The topological polar surface area (TPSA) is 47.9 Å². The minimum absolute atomic E-state index is 0.221. The van der Waals surface area contributed by atoms with Gasteiger partial charge in [0.25, 0.3) is 0 Å². The van der Waals surface area contributed by atoms with Crippen LogP contribution < -0.4 is 0 Å². The molecule has 0 aliphatic carbocycles. The highest BCUT2D eigenvalue weighted by Gasteiger charge is 1.95. The molecule has 152 valence electrons. The van der Waals surface area contributed by atoms with Crippen LogP contribution in [0.15, 0.2) is 0 Å². The first-order valence-corrected chi connectivity index (χ1v) is 10.8. The summed E-state index contributed by atoms with van der Waals surface area (Å²) in [4.78, 5) is 3.92. The SMILES string of the molecule is CCCCCCCCCCCCCCCCCOCCOCCOO. The van der Waals surface area contributed by atoms with Crippen LogP contribution in [0.2, 0.25) is 0 Å². The molecule has 0 aromatic carbocycles. The van der Waals surface area contributed by atoms with Gasteiger partial charge in [0.1, 0.15) is 6.61 Å². The third kappa shape index (κ3) is 23.8. The predicted molar refractivity (Wildman–Crippen MR) is 105 cm³/mol. The van der Waals surface area contributed by atoms with Gasteiger partial charge in [0.05, 0.1) is 19.8 Å². The summed E-state index contributed by atoms with van der Waals surface area (Å²) in [6.07, 6.45) is 20.8. The van der Waals surface area contributed by atoms with Gasteiger partial charge in [0.15, 0.2) is 0 Å². The van der Waals surface area contributed by atoms with E-state index in [0.29, 0.717) is 19.8 Å². The van der Waals surface area contributed by atoms with E-state index in [4.69, 9.17) is 14.7 Å². The Morgan fingerprint density at radius 1 is 0.440 bits per heavy atom. The summed E-state index contributed by atoms with van der Waals surface area (Å²) >= 11 is 0. The summed E-state index contributed by atoms with van der Waals surface area (Å²) in [7, 11) is 0. The molecule has 0 aliphatic heterocycles. The van der Waals surface area contributed by atoms with Crippen molar-refractivity contribution in [1.82, 2.24) is 0 Å². The van der Waals surface area contributed by atoms with E-state index in [1.54, 1.807) is 0 Å². The average molecular weight is 361 g/mol. The molecule has 25 heavy (non-hydrogen) atoms. The lowest BCUT2D eigenvalue weighted by molar-refractivity contribution is -0.249. The van der Waals surface area contributed by atoms with Crippen LogP contribution in [0.3, 0.4) is 0 Å². The monoisotopic (exact) mass is 360 g/mol. The van der Waals surface area contributed by atoms with Crippen LogP contribution in [0.4, 0.5) is 0 Å².